The average molecular weight is 909 g/mol. The number of fused-ring (bicyclic) bond motifs is 2. The summed E-state index contributed by atoms with van der Waals surface area (Å²) in [4.78, 5) is 86.5. The molecule has 0 saturated heterocycles. The summed E-state index contributed by atoms with van der Waals surface area (Å²) in [7, 11) is 4.20. The van der Waals surface area contributed by atoms with Gasteiger partial charge in [-0.25, -0.2) is 9.97 Å². The summed E-state index contributed by atoms with van der Waals surface area (Å²) >= 11 is 0. The zero-order chi connectivity index (χ0) is 48.0. The van der Waals surface area contributed by atoms with Crippen LogP contribution in [0.5, 0.6) is 11.5 Å². The van der Waals surface area contributed by atoms with Gasteiger partial charge in [0, 0.05) is 57.8 Å². The number of likely N-dealkylation sites (N-methyl/N-ethyl adjacent to an activating group) is 1. The van der Waals surface area contributed by atoms with Gasteiger partial charge in [-0.15, -0.1) is 0 Å². The first-order valence-corrected chi connectivity index (χ1v) is 20.8. The zero-order valence-electron chi connectivity index (χ0n) is 37.6. The molecular weight excluding hydrogens is 857 g/mol. The van der Waals surface area contributed by atoms with E-state index < -0.39 is 42.0 Å². The van der Waals surface area contributed by atoms with Crippen molar-refractivity contribution in [3.63, 3.8) is 0 Å². The molecule has 0 atom stereocenters. The Morgan fingerprint density at radius 1 is 0.712 bits per heavy atom. The summed E-state index contributed by atoms with van der Waals surface area (Å²) in [5.74, 6) is -2.85. The number of allylic oxidation sites excluding steroid dienone is 2. The number of imidazole rings is 2. The number of methoxy groups -OCH3 is 1. The normalized spacial score (nSPS) is 11.3. The van der Waals surface area contributed by atoms with Crippen LogP contribution in [0.25, 0.3) is 22.1 Å². The molecule has 6 rings (SSSR count). The summed E-state index contributed by atoms with van der Waals surface area (Å²) in [6.45, 7) is 7.50. The molecule has 4 heterocycles. The van der Waals surface area contributed by atoms with E-state index >= 15 is 0 Å². The quantitative estimate of drug-likeness (QED) is 0.0444. The predicted octanol–water partition coefficient (Wildman–Crippen LogP) is 2.39. The van der Waals surface area contributed by atoms with Crippen LogP contribution in [0.4, 0.5) is 11.9 Å². The van der Waals surface area contributed by atoms with Crippen molar-refractivity contribution in [2.24, 2.45) is 11.5 Å². The molecule has 23 heteroatoms. The zero-order valence-corrected chi connectivity index (χ0v) is 37.6. The van der Waals surface area contributed by atoms with Crippen molar-refractivity contribution < 1.29 is 43.3 Å². The van der Waals surface area contributed by atoms with Crippen LogP contribution in [-0.2, 0) is 35.8 Å². The summed E-state index contributed by atoms with van der Waals surface area (Å²) in [5.41, 5.74) is 14.9. The van der Waals surface area contributed by atoms with Gasteiger partial charge in [0.05, 0.1) is 36.1 Å². The fraction of sp³-hybridized carbons (Fsp3) is 0.349. The van der Waals surface area contributed by atoms with Gasteiger partial charge >= 0.3 is 0 Å². The van der Waals surface area contributed by atoms with Gasteiger partial charge in [-0.3, -0.25) is 58.8 Å². The standard InChI is InChI=1S/C43H52N14O9/c1-8-56-30(17-24(3)50-56)40(63)48-42-46-28-19-26(38(44)61)21-32(65-7)36(28)54(42)14-10-11-15-55-37-29(47-43(55)49-41(64)31-18-25(4)51-57(31)9-2)20-27(39(45)62)22-33(37)66-16-12-13-34(59)52(5)53(6)35(60)23-58/h10-11,17-22,58H,8-9,12-16,23H2,1-7H3,(H2,44,61)(H2,45,62)(H,46,48,63)(H,47,49,64)/b11-10+. The number of carbonyl (C=O) groups excluding carboxylic acids is 6. The number of nitrogens with zero attached hydrogens (tertiary/aromatic N) is 10. The third-order valence-electron chi connectivity index (χ3n) is 10.6. The SMILES string of the molecule is CCn1nc(C)cc1C(=O)Nc1nc2cc(C(N)=O)cc(OC)c2n1C/C=C/Cn1c(NC(=O)c2cc(C)nn2CC)nc2cc(C(N)=O)cc(OCCCC(=O)N(C)N(C)C(=O)CO)c21. The highest BCUT2D eigenvalue weighted by Crippen LogP contribution is 2.33. The number of ether oxygens (including phenoxy) is 2. The Bertz CT molecular complexity index is 2890. The molecule has 0 saturated carbocycles. The van der Waals surface area contributed by atoms with Crippen molar-refractivity contribution in [2.75, 3.05) is 45.1 Å². The lowest BCUT2D eigenvalue weighted by Crippen LogP contribution is -2.45. The number of aromatic nitrogens is 8. The van der Waals surface area contributed by atoms with Crippen molar-refractivity contribution in [3.8, 4) is 11.5 Å². The van der Waals surface area contributed by atoms with E-state index in [9.17, 15) is 33.9 Å². The Balaban J connectivity index is 1.38. The largest absolute Gasteiger partial charge is 0.494 e. The molecule has 0 fully saturated rings. The molecule has 0 radical (unpaired) electrons. The van der Waals surface area contributed by atoms with Crippen LogP contribution in [-0.4, -0.2) is 124 Å². The molecule has 7 N–H and O–H groups in total. The summed E-state index contributed by atoms with van der Waals surface area (Å²) in [5, 5.41) is 25.8. The van der Waals surface area contributed by atoms with Gasteiger partial charge in [-0.05, 0) is 70.5 Å². The molecule has 0 aliphatic carbocycles. The maximum atomic E-state index is 13.8. The number of rotatable bonds is 19. The third-order valence-corrected chi connectivity index (χ3v) is 10.6. The van der Waals surface area contributed by atoms with Crippen molar-refractivity contribution in [1.29, 1.82) is 0 Å². The number of hydrazine groups is 1. The molecule has 348 valence electrons. The molecule has 6 aromatic rings. The predicted molar refractivity (Wildman–Crippen MR) is 241 cm³/mol. The van der Waals surface area contributed by atoms with E-state index in [1.54, 1.807) is 56.6 Å². The number of aliphatic hydroxyl groups is 1. The van der Waals surface area contributed by atoms with Gasteiger partial charge in [0.2, 0.25) is 29.6 Å². The molecule has 23 nitrogen and oxygen atoms in total. The Morgan fingerprint density at radius 2 is 1.17 bits per heavy atom. The lowest BCUT2D eigenvalue weighted by atomic mass is 10.1. The minimum Gasteiger partial charge on any atom is -0.494 e. The number of aryl methyl sites for hydroxylation is 4. The minimum absolute atomic E-state index is 0.0215. The van der Waals surface area contributed by atoms with E-state index in [4.69, 9.17) is 25.9 Å². The number of benzene rings is 2. The Hall–Kier alpha value is -8.08. The Morgan fingerprint density at radius 3 is 1.61 bits per heavy atom. The van der Waals surface area contributed by atoms with Gasteiger partial charge in [-0.2, -0.15) is 10.2 Å². The molecule has 66 heavy (non-hydrogen) atoms. The number of primary amides is 2. The highest BCUT2D eigenvalue weighted by Gasteiger charge is 2.24. The highest BCUT2D eigenvalue weighted by molar-refractivity contribution is 6.05. The number of nitrogens with two attached hydrogens (primary N) is 2. The van der Waals surface area contributed by atoms with Crippen LogP contribution in [0, 0.1) is 13.8 Å². The van der Waals surface area contributed by atoms with Crippen LogP contribution >= 0.6 is 0 Å². The first kappa shape index (κ1) is 47.4. The summed E-state index contributed by atoms with van der Waals surface area (Å²) < 4.78 is 18.4. The molecule has 0 bridgehead atoms. The summed E-state index contributed by atoms with van der Waals surface area (Å²) in [6.07, 6.45) is 3.71. The first-order valence-electron chi connectivity index (χ1n) is 20.8. The van der Waals surface area contributed by atoms with Crippen molar-refractivity contribution in [3.05, 3.63) is 82.5 Å². The second kappa shape index (κ2) is 20.2. The van der Waals surface area contributed by atoms with Crippen molar-refractivity contribution in [1.82, 2.24) is 48.7 Å². The van der Waals surface area contributed by atoms with Gasteiger partial charge < -0.3 is 35.2 Å². The number of carbonyl (C=O) groups is 6. The number of hydrogen-bond acceptors (Lipinski definition) is 13. The van der Waals surface area contributed by atoms with Gasteiger partial charge in [0.15, 0.2) is 0 Å². The molecular formula is C43H52N14O9. The monoisotopic (exact) mass is 908 g/mol. The van der Waals surface area contributed by atoms with Crippen LogP contribution in [0.3, 0.4) is 0 Å². The molecule has 0 unspecified atom stereocenters. The second-order valence-corrected chi connectivity index (χ2v) is 15.0. The number of aliphatic hydroxyl groups excluding tert-OH is 1. The fourth-order valence-electron chi connectivity index (χ4n) is 7.19. The number of anilines is 2. The fourth-order valence-corrected chi connectivity index (χ4v) is 7.19. The molecule has 6 amide bonds. The lowest BCUT2D eigenvalue weighted by molar-refractivity contribution is -0.159. The second-order valence-electron chi connectivity index (χ2n) is 15.0. The molecule has 0 aliphatic rings. The van der Waals surface area contributed by atoms with Gasteiger partial charge in [0.25, 0.3) is 17.7 Å². The molecule has 2 aromatic carbocycles. The smallest absolute Gasteiger partial charge is 0.276 e. The number of amides is 6. The maximum Gasteiger partial charge on any atom is 0.276 e. The van der Waals surface area contributed by atoms with E-state index in [0.717, 1.165) is 10.0 Å². The van der Waals surface area contributed by atoms with Gasteiger partial charge in [-0.1, -0.05) is 12.2 Å². The lowest BCUT2D eigenvalue weighted by Gasteiger charge is -2.27. The van der Waals surface area contributed by atoms with Crippen LogP contribution < -0.4 is 31.6 Å². The number of hydrogen-bond donors (Lipinski definition) is 5. The van der Waals surface area contributed by atoms with E-state index in [-0.39, 0.29) is 78.3 Å². The molecule has 0 aliphatic heterocycles. The van der Waals surface area contributed by atoms with Crippen molar-refractivity contribution >= 4 is 69.4 Å². The van der Waals surface area contributed by atoms with Gasteiger partial charge in [0.1, 0.15) is 40.5 Å². The molecule has 0 spiro atoms. The van der Waals surface area contributed by atoms with E-state index in [0.29, 0.717) is 46.7 Å². The Labute approximate surface area is 377 Å². The van der Waals surface area contributed by atoms with Crippen LogP contribution in [0.2, 0.25) is 0 Å². The molecule has 4 aromatic heterocycles. The summed E-state index contributed by atoms with van der Waals surface area (Å²) in [6, 6.07) is 9.21. The maximum absolute atomic E-state index is 13.8. The van der Waals surface area contributed by atoms with E-state index in [1.165, 1.54) is 45.5 Å². The number of nitrogens with one attached hydrogen (secondary N) is 2. The van der Waals surface area contributed by atoms with E-state index in [1.807, 2.05) is 13.8 Å². The third kappa shape index (κ3) is 9.99. The average Bonchev–Trinajstić information content (AvgIpc) is 4.06. The van der Waals surface area contributed by atoms with Crippen LogP contribution in [0.1, 0.15) is 79.8 Å². The first-order chi connectivity index (χ1) is 31.5. The minimum atomic E-state index is -0.767. The topological polar surface area (TPSA) is 295 Å². The highest BCUT2D eigenvalue weighted by atomic mass is 16.5. The van der Waals surface area contributed by atoms with E-state index in [2.05, 4.69) is 25.8 Å². The van der Waals surface area contributed by atoms with Crippen molar-refractivity contribution in [2.45, 2.75) is 66.7 Å². The Kier molecular flexibility index (Phi) is 14.5. The van der Waals surface area contributed by atoms with Crippen LogP contribution in [0.15, 0.2) is 48.6 Å².